The molecule has 2 spiro atoms. The van der Waals surface area contributed by atoms with E-state index in [-0.39, 0.29) is 11.3 Å². The summed E-state index contributed by atoms with van der Waals surface area (Å²) in [5, 5.41) is 14.6. The van der Waals surface area contributed by atoms with Crippen molar-refractivity contribution in [2.24, 2.45) is 16.3 Å². The summed E-state index contributed by atoms with van der Waals surface area (Å²) in [5.74, 6) is 0.119. The Bertz CT molecular complexity index is 896. The van der Waals surface area contributed by atoms with E-state index < -0.39 is 23.5 Å². The van der Waals surface area contributed by atoms with Gasteiger partial charge in [0.05, 0.1) is 16.9 Å². The minimum absolute atomic E-state index is 0.119. The molecule has 5 aliphatic rings. The van der Waals surface area contributed by atoms with Crippen LogP contribution in [0.25, 0.3) is 0 Å². The van der Waals surface area contributed by atoms with Gasteiger partial charge in [-0.25, -0.2) is 4.79 Å². The average Bonchev–Trinajstić information content (AvgIpc) is 3.21. The van der Waals surface area contributed by atoms with Crippen LogP contribution in [0.4, 0.5) is 10.5 Å². The van der Waals surface area contributed by atoms with Crippen molar-refractivity contribution in [1.29, 1.82) is 0 Å². The standard InChI is InChI=1S/C21H25N3O3/c1-19(2)15-10-12-6-5-9-24(12)17(25)20(15)11-21(27-18(26)23-20)13-7-3-4-8-14(13)22-16(19)21/h3-4,7-8,12,15,17,25H,5-6,9-11H2,1-2H3,(H,23,26). The molecule has 4 aliphatic heterocycles. The highest BCUT2D eigenvalue weighted by Gasteiger charge is 2.73. The van der Waals surface area contributed by atoms with Gasteiger partial charge in [0.25, 0.3) is 0 Å². The Morgan fingerprint density at radius 1 is 1.33 bits per heavy atom. The van der Waals surface area contributed by atoms with Crippen LogP contribution in [-0.4, -0.2) is 46.2 Å². The Balaban J connectivity index is 1.60. The quantitative estimate of drug-likeness (QED) is 0.739. The molecule has 1 amide bonds. The fourth-order valence-electron chi connectivity index (χ4n) is 6.92. The van der Waals surface area contributed by atoms with Crippen LogP contribution in [-0.2, 0) is 10.3 Å². The fraction of sp³-hybridized carbons (Fsp3) is 0.619. The van der Waals surface area contributed by atoms with E-state index in [1.165, 1.54) is 0 Å². The van der Waals surface area contributed by atoms with Gasteiger partial charge in [-0.3, -0.25) is 9.89 Å². The molecule has 6 rings (SSSR count). The van der Waals surface area contributed by atoms with Gasteiger partial charge < -0.3 is 15.2 Å². The van der Waals surface area contributed by atoms with Crippen LogP contribution < -0.4 is 5.32 Å². The highest BCUT2D eigenvalue weighted by atomic mass is 16.6. The molecule has 0 aromatic heterocycles. The molecule has 6 nitrogen and oxygen atoms in total. The van der Waals surface area contributed by atoms with Crippen LogP contribution in [0.1, 0.15) is 45.1 Å². The van der Waals surface area contributed by atoms with Gasteiger partial charge in [-0.05, 0) is 31.2 Å². The lowest BCUT2D eigenvalue weighted by Gasteiger charge is -2.65. The summed E-state index contributed by atoms with van der Waals surface area (Å²) in [6.07, 6.45) is 2.59. The molecule has 142 valence electrons. The van der Waals surface area contributed by atoms with Crippen molar-refractivity contribution in [3.63, 3.8) is 0 Å². The van der Waals surface area contributed by atoms with Gasteiger partial charge in [0.2, 0.25) is 0 Å². The van der Waals surface area contributed by atoms with Gasteiger partial charge in [-0.1, -0.05) is 32.0 Å². The summed E-state index contributed by atoms with van der Waals surface area (Å²) in [6, 6.07) is 8.34. The van der Waals surface area contributed by atoms with E-state index in [9.17, 15) is 9.90 Å². The molecule has 2 N–H and O–H groups in total. The highest BCUT2D eigenvalue weighted by Crippen LogP contribution is 2.63. The number of aliphatic hydroxyl groups excluding tert-OH is 1. The van der Waals surface area contributed by atoms with E-state index in [0.717, 1.165) is 42.8 Å². The summed E-state index contributed by atoms with van der Waals surface area (Å²) < 4.78 is 6.02. The molecule has 4 fully saturated rings. The summed E-state index contributed by atoms with van der Waals surface area (Å²) in [5.41, 5.74) is 0.921. The number of amides is 1. The molecular formula is C21H25N3O3. The molecule has 2 bridgehead atoms. The maximum atomic E-state index is 12.8. The molecule has 5 unspecified atom stereocenters. The fourth-order valence-corrected chi connectivity index (χ4v) is 6.92. The zero-order chi connectivity index (χ0) is 18.6. The SMILES string of the molecule is CC1(C)C2=Nc3ccccc3C23CC2(NC(=O)O3)C(O)N3CCCC3CC12. The van der Waals surface area contributed by atoms with Crippen molar-refractivity contribution in [2.45, 2.75) is 62.9 Å². The molecular weight excluding hydrogens is 342 g/mol. The molecule has 6 heteroatoms. The molecule has 4 heterocycles. The van der Waals surface area contributed by atoms with Crippen LogP contribution >= 0.6 is 0 Å². The number of aliphatic hydroxyl groups is 1. The number of carbonyl (C=O) groups excluding carboxylic acids is 1. The smallest absolute Gasteiger partial charge is 0.409 e. The predicted molar refractivity (Wildman–Crippen MR) is 99.8 cm³/mol. The van der Waals surface area contributed by atoms with Gasteiger partial charge in [-0.15, -0.1) is 0 Å². The van der Waals surface area contributed by atoms with Gasteiger partial charge >= 0.3 is 6.09 Å². The molecule has 3 saturated heterocycles. The monoisotopic (exact) mass is 367 g/mol. The van der Waals surface area contributed by atoms with Crippen molar-refractivity contribution in [1.82, 2.24) is 10.2 Å². The van der Waals surface area contributed by atoms with Crippen LogP contribution in [0.2, 0.25) is 0 Å². The third kappa shape index (κ3) is 1.70. The first-order chi connectivity index (χ1) is 12.9. The van der Waals surface area contributed by atoms with Crippen molar-refractivity contribution in [3.05, 3.63) is 29.8 Å². The molecule has 1 aromatic rings. The maximum Gasteiger partial charge on any atom is 0.409 e. The lowest BCUT2D eigenvalue weighted by molar-refractivity contribution is -0.188. The Kier molecular flexibility index (Phi) is 2.82. The summed E-state index contributed by atoms with van der Waals surface area (Å²) in [7, 11) is 0. The van der Waals surface area contributed by atoms with Gasteiger partial charge in [-0.2, -0.15) is 0 Å². The molecule has 5 atom stereocenters. The number of benzene rings is 1. The van der Waals surface area contributed by atoms with Crippen molar-refractivity contribution in [2.75, 3.05) is 6.54 Å². The number of alkyl carbamates (subject to hydrolysis) is 1. The van der Waals surface area contributed by atoms with Crippen molar-refractivity contribution < 1.29 is 14.6 Å². The number of aliphatic imine (C=N–C) groups is 1. The molecule has 1 aliphatic carbocycles. The number of piperidine rings is 1. The van der Waals surface area contributed by atoms with Crippen molar-refractivity contribution >= 4 is 17.5 Å². The van der Waals surface area contributed by atoms with E-state index in [4.69, 9.17) is 9.73 Å². The number of hydrogen-bond donors (Lipinski definition) is 2. The van der Waals surface area contributed by atoms with E-state index in [0.29, 0.717) is 12.5 Å². The molecule has 1 saturated carbocycles. The number of hydrogen-bond acceptors (Lipinski definition) is 5. The summed E-state index contributed by atoms with van der Waals surface area (Å²) in [4.78, 5) is 20.0. The van der Waals surface area contributed by atoms with Crippen LogP contribution in [0.5, 0.6) is 0 Å². The second-order valence-corrected chi connectivity index (χ2v) is 9.45. The predicted octanol–water partition coefficient (Wildman–Crippen LogP) is 2.68. The van der Waals surface area contributed by atoms with Gasteiger partial charge in [0.1, 0.15) is 6.23 Å². The number of carbonyl (C=O) groups is 1. The number of para-hydroxylation sites is 1. The van der Waals surface area contributed by atoms with Crippen LogP contribution in [0.15, 0.2) is 29.3 Å². The number of ether oxygens (including phenoxy) is 1. The zero-order valence-corrected chi connectivity index (χ0v) is 15.7. The second kappa shape index (κ2) is 4.73. The van der Waals surface area contributed by atoms with Gasteiger partial charge in [0, 0.05) is 30.0 Å². The Labute approximate surface area is 158 Å². The highest BCUT2D eigenvalue weighted by molar-refractivity contribution is 6.07. The number of nitrogens with one attached hydrogen (secondary N) is 1. The third-order valence-corrected chi connectivity index (χ3v) is 7.91. The zero-order valence-electron chi connectivity index (χ0n) is 15.7. The first-order valence-electron chi connectivity index (χ1n) is 10.0. The maximum absolute atomic E-state index is 12.8. The number of nitrogens with zero attached hydrogens (tertiary/aromatic N) is 2. The number of rotatable bonds is 0. The van der Waals surface area contributed by atoms with Crippen LogP contribution in [0.3, 0.4) is 0 Å². The average molecular weight is 367 g/mol. The van der Waals surface area contributed by atoms with E-state index >= 15 is 0 Å². The van der Waals surface area contributed by atoms with Crippen LogP contribution in [0, 0.1) is 11.3 Å². The second-order valence-electron chi connectivity index (χ2n) is 9.45. The Morgan fingerprint density at radius 2 is 2.15 bits per heavy atom. The number of fused-ring (bicyclic) bond motifs is 2. The first kappa shape index (κ1) is 16.1. The van der Waals surface area contributed by atoms with E-state index in [1.54, 1.807) is 0 Å². The lowest BCUT2D eigenvalue weighted by atomic mass is 9.49. The third-order valence-electron chi connectivity index (χ3n) is 7.91. The summed E-state index contributed by atoms with van der Waals surface area (Å²) >= 11 is 0. The molecule has 1 aromatic carbocycles. The molecule has 0 radical (unpaired) electrons. The molecule has 27 heavy (non-hydrogen) atoms. The van der Waals surface area contributed by atoms with E-state index in [2.05, 4.69) is 24.1 Å². The van der Waals surface area contributed by atoms with Gasteiger partial charge in [0.15, 0.2) is 5.60 Å². The minimum Gasteiger partial charge on any atom is -0.432 e. The summed E-state index contributed by atoms with van der Waals surface area (Å²) in [6.45, 7) is 5.31. The largest absolute Gasteiger partial charge is 0.432 e. The topological polar surface area (TPSA) is 74.2 Å². The lowest BCUT2D eigenvalue weighted by Crippen LogP contribution is -2.81. The Morgan fingerprint density at radius 3 is 3.00 bits per heavy atom. The van der Waals surface area contributed by atoms with E-state index in [1.807, 2.05) is 24.3 Å². The first-order valence-corrected chi connectivity index (χ1v) is 10.0. The normalized spacial score (nSPS) is 43.6. The van der Waals surface area contributed by atoms with Crippen molar-refractivity contribution in [3.8, 4) is 0 Å². The Hall–Kier alpha value is -1.92. The minimum atomic E-state index is -0.869.